The molecule has 1 saturated carbocycles. The summed E-state index contributed by atoms with van der Waals surface area (Å²) in [6.45, 7) is 0. The van der Waals surface area contributed by atoms with Crippen molar-refractivity contribution in [2.45, 2.75) is 44.2 Å². The summed E-state index contributed by atoms with van der Waals surface area (Å²) in [6, 6.07) is 12.8. The number of benzene rings is 1. The minimum Gasteiger partial charge on any atom is -0.323 e. The quantitative estimate of drug-likeness (QED) is 0.675. The second kappa shape index (κ2) is 10.6. The van der Waals surface area contributed by atoms with Crippen LogP contribution >= 0.6 is 24.8 Å². The number of nitrogens with zero attached hydrogens (tertiary/aromatic N) is 1. The highest BCUT2D eigenvalue weighted by Gasteiger charge is 2.38. The Morgan fingerprint density at radius 2 is 1.72 bits per heavy atom. The Kier molecular flexibility index (Phi) is 8.44. The number of anilines is 2. The monoisotopic (exact) mass is 436 g/mol. The average molecular weight is 437 g/mol. The number of carbonyl (C=O) groups excluding carboxylic acids is 2. The molecule has 29 heavy (non-hydrogen) atoms. The number of rotatable bonds is 4. The molecule has 2 fully saturated rings. The van der Waals surface area contributed by atoms with Gasteiger partial charge in [-0.05, 0) is 49.4 Å². The first kappa shape index (κ1) is 23.1. The highest BCUT2D eigenvalue weighted by molar-refractivity contribution is 6.03. The van der Waals surface area contributed by atoms with Crippen LogP contribution < -0.4 is 16.0 Å². The lowest BCUT2D eigenvalue weighted by Gasteiger charge is -2.24. The van der Waals surface area contributed by atoms with Crippen molar-refractivity contribution in [2.75, 3.05) is 10.6 Å². The Morgan fingerprint density at radius 3 is 2.41 bits per heavy atom. The van der Waals surface area contributed by atoms with Crippen molar-refractivity contribution in [3.63, 3.8) is 0 Å². The molecule has 3 unspecified atom stereocenters. The van der Waals surface area contributed by atoms with Gasteiger partial charge in [0.1, 0.15) is 5.82 Å². The lowest BCUT2D eigenvalue weighted by molar-refractivity contribution is -0.117. The van der Waals surface area contributed by atoms with Crippen LogP contribution in [0.25, 0.3) is 0 Å². The van der Waals surface area contributed by atoms with Gasteiger partial charge in [0, 0.05) is 11.6 Å². The van der Waals surface area contributed by atoms with Crippen LogP contribution in [0.2, 0.25) is 0 Å². The van der Waals surface area contributed by atoms with Gasteiger partial charge in [-0.2, -0.15) is 0 Å². The number of amides is 2. The van der Waals surface area contributed by atoms with E-state index >= 15 is 0 Å². The number of aromatic nitrogens is 1. The minimum atomic E-state index is -0.211. The van der Waals surface area contributed by atoms with E-state index in [2.05, 4.69) is 20.9 Å². The molecule has 1 saturated heterocycles. The van der Waals surface area contributed by atoms with E-state index in [-0.39, 0.29) is 42.7 Å². The number of hydrogen-bond acceptors (Lipinski definition) is 4. The van der Waals surface area contributed by atoms with Crippen molar-refractivity contribution in [1.82, 2.24) is 10.3 Å². The Hall–Kier alpha value is -2.15. The predicted octanol–water partition coefficient (Wildman–Crippen LogP) is 4.04. The van der Waals surface area contributed by atoms with Gasteiger partial charge in [-0.3, -0.25) is 9.59 Å². The van der Waals surface area contributed by atoms with E-state index in [0.29, 0.717) is 29.0 Å². The maximum atomic E-state index is 12.5. The van der Waals surface area contributed by atoms with Gasteiger partial charge < -0.3 is 16.0 Å². The van der Waals surface area contributed by atoms with Crippen LogP contribution in [-0.2, 0) is 4.79 Å². The maximum Gasteiger partial charge on any atom is 0.256 e. The summed E-state index contributed by atoms with van der Waals surface area (Å²) in [4.78, 5) is 28.9. The maximum absolute atomic E-state index is 12.5. The van der Waals surface area contributed by atoms with Crippen LogP contribution in [0.15, 0.2) is 48.7 Å². The lowest BCUT2D eigenvalue weighted by atomic mass is 9.85. The molecule has 156 valence electrons. The smallest absolute Gasteiger partial charge is 0.256 e. The summed E-state index contributed by atoms with van der Waals surface area (Å²) in [7, 11) is 0. The third-order valence-corrected chi connectivity index (χ3v) is 5.49. The molecule has 3 N–H and O–H groups in total. The lowest BCUT2D eigenvalue weighted by Crippen LogP contribution is -2.39. The third kappa shape index (κ3) is 5.69. The largest absolute Gasteiger partial charge is 0.323 e. The van der Waals surface area contributed by atoms with Gasteiger partial charge in [-0.25, -0.2) is 4.98 Å². The molecule has 1 aromatic heterocycles. The molecule has 1 aliphatic carbocycles. The van der Waals surface area contributed by atoms with Crippen molar-refractivity contribution < 1.29 is 9.59 Å². The van der Waals surface area contributed by atoms with Crippen molar-refractivity contribution in [3.8, 4) is 0 Å². The highest BCUT2D eigenvalue weighted by atomic mass is 35.5. The number of halogens is 2. The molecule has 2 amide bonds. The first-order valence-corrected chi connectivity index (χ1v) is 9.58. The average Bonchev–Trinajstić information content (AvgIpc) is 3.14. The number of carbonyl (C=O) groups is 2. The SMILES string of the molecule is Cl.Cl.O=C(Nc1ccc(NC(=O)C2CC3CCCCC3N2)cn1)c1ccccc1. The molecule has 8 heteroatoms. The molecule has 1 aromatic carbocycles. The molecule has 0 bridgehead atoms. The Labute approximate surface area is 183 Å². The molecular weight excluding hydrogens is 411 g/mol. The van der Waals surface area contributed by atoms with E-state index in [4.69, 9.17) is 0 Å². The van der Waals surface area contributed by atoms with Gasteiger partial charge in [0.15, 0.2) is 0 Å². The van der Waals surface area contributed by atoms with E-state index in [0.717, 1.165) is 6.42 Å². The minimum absolute atomic E-state index is 0. The Balaban J connectivity index is 0.00000150. The molecule has 2 heterocycles. The van der Waals surface area contributed by atoms with Gasteiger partial charge >= 0.3 is 0 Å². The van der Waals surface area contributed by atoms with Crippen LogP contribution in [0, 0.1) is 5.92 Å². The fourth-order valence-electron chi connectivity index (χ4n) is 4.07. The van der Waals surface area contributed by atoms with E-state index in [1.54, 1.807) is 30.5 Å². The van der Waals surface area contributed by atoms with Crippen LogP contribution in [-0.4, -0.2) is 28.9 Å². The molecule has 4 rings (SSSR count). The van der Waals surface area contributed by atoms with Crippen LogP contribution in [0.1, 0.15) is 42.5 Å². The molecule has 0 radical (unpaired) electrons. The molecule has 6 nitrogen and oxygen atoms in total. The van der Waals surface area contributed by atoms with Gasteiger partial charge in [0.2, 0.25) is 5.91 Å². The summed E-state index contributed by atoms with van der Waals surface area (Å²) < 4.78 is 0. The summed E-state index contributed by atoms with van der Waals surface area (Å²) in [5.41, 5.74) is 1.21. The molecular formula is C21H26Cl2N4O2. The van der Waals surface area contributed by atoms with E-state index in [1.165, 1.54) is 25.7 Å². The van der Waals surface area contributed by atoms with Crippen LogP contribution in [0.5, 0.6) is 0 Å². The zero-order valence-electron chi connectivity index (χ0n) is 16.0. The first-order valence-electron chi connectivity index (χ1n) is 9.58. The fourth-order valence-corrected chi connectivity index (χ4v) is 4.07. The summed E-state index contributed by atoms with van der Waals surface area (Å²) in [5, 5.41) is 9.16. The second-order valence-electron chi connectivity index (χ2n) is 7.35. The van der Waals surface area contributed by atoms with Crippen molar-refractivity contribution >= 4 is 48.1 Å². The number of nitrogens with one attached hydrogen (secondary N) is 3. The second-order valence-corrected chi connectivity index (χ2v) is 7.35. The van der Waals surface area contributed by atoms with Crippen LogP contribution in [0.3, 0.4) is 0 Å². The van der Waals surface area contributed by atoms with Gasteiger partial charge in [-0.15, -0.1) is 24.8 Å². The van der Waals surface area contributed by atoms with Gasteiger partial charge in [0.25, 0.3) is 5.91 Å². The molecule has 2 aromatic rings. The van der Waals surface area contributed by atoms with E-state index < -0.39 is 0 Å². The highest BCUT2D eigenvalue weighted by Crippen LogP contribution is 2.33. The zero-order chi connectivity index (χ0) is 18.6. The first-order chi connectivity index (χ1) is 13.2. The summed E-state index contributed by atoms with van der Waals surface area (Å²) in [6.07, 6.45) is 7.40. The summed E-state index contributed by atoms with van der Waals surface area (Å²) >= 11 is 0. The van der Waals surface area contributed by atoms with Crippen LogP contribution in [0.4, 0.5) is 11.5 Å². The predicted molar refractivity (Wildman–Crippen MR) is 119 cm³/mol. The Morgan fingerprint density at radius 1 is 0.966 bits per heavy atom. The number of fused-ring (bicyclic) bond motifs is 1. The molecule has 2 aliphatic rings. The van der Waals surface area contributed by atoms with Crippen molar-refractivity contribution in [3.05, 3.63) is 54.2 Å². The van der Waals surface area contributed by atoms with Crippen molar-refractivity contribution in [1.29, 1.82) is 0 Å². The normalized spacial score (nSPS) is 22.4. The topological polar surface area (TPSA) is 83.1 Å². The van der Waals surface area contributed by atoms with Crippen molar-refractivity contribution in [2.24, 2.45) is 5.92 Å². The zero-order valence-corrected chi connectivity index (χ0v) is 17.6. The third-order valence-electron chi connectivity index (χ3n) is 5.49. The van der Waals surface area contributed by atoms with Gasteiger partial charge in [-0.1, -0.05) is 31.0 Å². The summed E-state index contributed by atoms with van der Waals surface area (Å²) in [5.74, 6) is 0.861. The molecule has 3 atom stereocenters. The number of pyridine rings is 1. The van der Waals surface area contributed by atoms with E-state index in [1.807, 2.05) is 18.2 Å². The van der Waals surface area contributed by atoms with E-state index in [9.17, 15) is 9.59 Å². The van der Waals surface area contributed by atoms with Gasteiger partial charge in [0.05, 0.1) is 17.9 Å². The Bertz CT molecular complexity index is 803. The molecule has 1 aliphatic heterocycles. The number of hydrogen-bond donors (Lipinski definition) is 3. The molecule has 0 spiro atoms. The standard InChI is InChI=1S/C21H24N4O2.2ClH/c26-20(14-6-2-1-3-7-14)25-19-11-10-16(13-22-19)23-21(27)18-12-15-8-4-5-9-17(15)24-18;;/h1-3,6-7,10-11,13,15,17-18,24H,4-5,8-9,12H2,(H,23,27)(H,22,25,26);2*1H. The fraction of sp³-hybridized carbons (Fsp3) is 0.381.